The average molecular weight is 303 g/mol. The molecule has 22 heavy (non-hydrogen) atoms. The highest BCUT2D eigenvalue weighted by Gasteiger charge is 2.10. The van der Waals surface area contributed by atoms with Gasteiger partial charge in [-0.1, -0.05) is 13.8 Å². The molecule has 0 fully saturated rings. The highest BCUT2D eigenvalue weighted by atomic mass is 16.6. The number of non-ortho nitro benzene ring substituents is 1. The fourth-order valence-corrected chi connectivity index (χ4v) is 2.23. The molecule has 0 amide bonds. The van der Waals surface area contributed by atoms with E-state index in [0.29, 0.717) is 11.0 Å². The Labute approximate surface area is 129 Å². The van der Waals surface area contributed by atoms with Crippen molar-refractivity contribution in [3.63, 3.8) is 0 Å². The van der Waals surface area contributed by atoms with Crippen LogP contribution in [0.4, 0.5) is 11.5 Å². The Bertz CT molecular complexity index is 657. The normalized spacial score (nSPS) is 11.1. The molecule has 0 saturated carbocycles. The van der Waals surface area contributed by atoms with Gasteiger partial charge in [0.1, 0.15) is 5.82 Å². The van der Waals surface area contributed by atoms with Crippen molar-refractivity contribution in [1.29, 1.82) is 0 Å². The van der Waals surface area contributed by atoms with Crippen molar-refractivity contribution in [1.82, 2.24) is 14.9 Å². The smallest absolute Gasteiger partial charge is 0.271 e. The third-order valence-corrected chi connectivity index (χ3v) is 3.76. The maximum atomic E-state index is 10.8. The molecule has 1 aromatic heterocycles. The molecule has 0 saturated heterocycles. The number of benzene rings is 1. The molecule has 0 radical (unpaired) electrons. The van der Waals surface area contributed by atoms with Crippen molar-refractivity contribution < 1.29 is 4.92 Å². The highest BCUT2D eigenvalue weighted by molar-refractivity contribution is 5.78. The largest absolute Gasteiger partial charge is 0.357 e. The van der Waals surface area contributed by atoms with Gasteiger partial charge >= 0.3 is 0 Å². The molecule has 118 valence electrons. The minimum absolute atomic E-state index is 0.0319. The summed E-state index contributed by atoms with van der Waals surface area (Å²) in [6.07, 6.45) is 1.66. The molecular weight excluding hydrogens is 282 g/mol. The van der Waals surface area contributed by atoms with E-state index >= 15 is 0 Å². The van der Waals surface area contributed by atoms with E-state index in [1.807, 2.05) is 11.9 Å². The second kappa shape index (κ2) is 7.13. The van der Waals surface area contributed by atoms with E-state index in [9.17, 15) is 10.1 Å². The van der Waals surface area contributed by atoms with Gasteiger partial charge in [-0.05, 0) is 19.2 Å². The van der Waals surface area contributed by atoms with E-state index < -0.39 is 4.92 Å². The zero-order valence-corrected chi connectivity index (χ0v) is 13.2. The lowest BCUT2D eigenvalue weighted by Gasteiger charge is -2.23. The number of rotatable bonds is 7. The van der Waals surface area contributed by atoms with Gasteiger partial charge in [0.05, 0.1) is 22.2 Å². The lowest BCUT2D eigenvalue weighted by molar-refractivity contribution is -0.384. The molecule has 0 aliphatic rings. The quantitative estimate of drug-likeness (QED) is 0.577. The summed E-state index contributed by atoms with van der Waals surface area (Å²) >= 11 is 0. The standard InChI is InChI=1S/C15H21N5O2/c1-4-19(5-2)9-8-18(3)15-11-16-14-10-12(20(21)22)6-7-13(14)17-15/h6-7,10-11H,4-5,8-9H2,1-3H3. The number of fused-ring (bicyclic) bond motifs is 1. The fraction of sp³-hybridized carbons (Fsp3) is 0.467. The van der Waals surface area contributed by atoms with Crippen LogP contribution in [0.15, 0.2) is 24.4 Å². The average Bonchev–Trinajstić information content (AvgIpc) is 2.54. The molecule has 0 atom stereocenters. The molecule has 2 aromatic rings. The molecule has 2 rings (SSSR count). The van der Waals surface area contributed by atoms with Crippen LogP contribution in [0, 0.1) is 10.1 Å². The maximum Gasteiger partial charge on any atom is 0.271 e. The first-order valence-corrected chi connectivity index (χ1v) is 7.39. The predicted molar refractivity (Wildman–Crippen MR) is 87.3 cm³/mol. The number of hydrogen-bond donors (Lipinski definition) is 0. The molecule has 0 unspecified atom stereocenters. The number of hydrogen-bond acceptors (Lipinski definition) is 6. The molecule has 0 bridgehead atoms. The highest BCUT2D eigenvalue weighted by Crippen LogP contribution is 2.19. The summed E-state index contributed by atoms with van der Waals surface area (Å²) in [6, 6.07) is 4.54. The summed E-state index contributed by atoms with van der Waals surface area (Å²) in [5.74, 6) is 0.772. The molecular formula is C15H21N5O2. The topological polar surface area (TPSA) is 75.4 Å². The first kappa shape index (κ1) is 16.1. The number of nitrogens with zero attached hydrogens (tertiary/aromatic N) is 5. The van der Waals surface area contributed by atoms with E-state index in [0.717, 1.165) is 32.0 Å². The third-order valence-electron chi connectivity index (χ3n) is 3.76. The number of anilines is 1. The van der Waals surface area contributed by atoms with E-state index in [4.69, 9.17) is 0 Å². The van der Waals surface area contributed by atoms with Crippen molar-refractivity contribution in [3.8, 4) is 0 Å². The summed E-state index contributed by atoms with van der Waals surface area (Å²) in [7, 11) is 1.98. The van der Waals surface area contributed by atoms with Crippen LogP contribution in [0.5, 0.6) is 0 Å². The Kier molecular flexibility index (Phi) is 5.21. The Morgan fingerprint density at radius 3 is 2.55 bits per heavy atom. The molecule has 0 spiro atoms. The number of nitro benzene ring substituents is 1. The van der Waals surface area contributed by atoms with Gasteiger partial charge in [-0.2, -0.15) is 0 Å². The van der Waals surface area contributed by atoms with Gasteiger partial charge in [0.25, 0.3) is 5.69 Å². The molecule has 0 aliphatic carbocycles. The van der Waals surface area contributed by atoms with Crippen LogP contribution < -0.4 is 4.90 Å². The molecule has 0 aliphatic heterocycles. The predicted octanol–water partition coefficient (Wildman–Crippen LogP) is 2.32. The van der Waals surface area contributed by atoms with Crippen LogP contribution in [0.25, 0.3) is 11.0 Å². The van der Waals surface area contributed by atoms with Crippen molar-refractivity contribution in [2.24, 2.45) is 0 Å². The Morgan fingerprint density at radius 2 is 1.91 bits per heavy atom. The molecule has 7 heteroatoms. The monoisotopic (exact) mass is 303 g/mol. The van der Waals surface area contributed by atoms with E-state index in [1.54, 1.807) is 12.3 Å². The zero-order chi connectivity index (χ0) is 16.1. The number of nitro groups is 1. The van der Waals surface area contributed by atoms with Crippen molar-refractivity contribution in [2.75, 3.05) is 38.1 Å². The Balaban J connectivity index is 2.15. The second-order valence-electron chi connectivity index (χ2n) is 5.11. The first-order chi connectivity index (χ1) is 10.5. The van der Waals surface area contributed by atoms with Crippen LogP contribution in [-0.4, -0.2) is 53.0 Å². The molecule has 1 heterocycles. The van der Waals surface area contributed by atoms with Crippen LogP contribution in [-0.2, 0) is 0 Å². The second-order valence-corrected chi connectivity index (χ2v) is 5.11. The van der Waals surface area contributed by atoms with Crippen LogP contribution in [0.1, 0.15) is 13.8 Å². The summed E-state index contributed by atoms with van der Waals surface area (Å²) in [5.41, 5.74) is 1.23. The van der Waals surface area contributed by atoms with Gasteiger partial charge < -0.3 is 9.80 Å². The van der Waals surface area contributed by atoms with E-state index in [1.165, 1.54) is 12.1 Å². The fourth-order valence-electron chi connectivity index (χ4n) is 2.23. The van der Waals surface area contributed by atoms with Gasteiger partial charge in [0.15, 0.2) is 0 Å². The van der Waals surface area contributed by atoms with E-state index in [-0.39, 0.29) is 5.69 Å². The van der Waals surface area contributed by atoms with Gasteiger partial charge in [-0.15, -0.1) is 0 Å². The first-order valence-electron chi connectivity index (χ1n) is 7.39. The Hall–Kier alpha value is -2.28. The van der Waals surface area contributed by atoms with Gasteiger partial charge in [0.2, 0.25) is 0 Å². The lowest BCUT2D eigenvalue weighted by atomic mass is 10.2. The summed E-state index contributed by atoms with van der Waals surface area (Å²) in [5, 5.41) is 10.8. The molecule has 0 N–H and O–H groups in total. The minimum Gasteiger partial charge on any atom is -0.357 e. The Morgan fingerprint density at radius 1 is 1.18 bits per heavy atom. The lowest BCUT2D eigenvalue weighted by Crippen LogP contribution is -2.33. The van der Waals surface area contributed by atoms with Crippen molar-refractivity contribution in [2.45, 2.75) is 13.8 Å². The zero-order valence-electron chi connectivity index (χ0n) is 13.2. The maximum absolute atomic E-state index is 10.8. The molecule has 1 aromatic carbocycles. The SMILES string of the molecule is CCN(CC)CCN(C)c1cnc2cc([N+](=O)[O-])ccc2n1. The van der Waals surface area contributed by atoms with Crippen LogP contribution >= 0.6 is 0 Å². The van der Waals surface area contributed by atoms with Crippen LogP contribution in [0.2, 0.25) is 0 Å². The van der Waals surface area contributed by atoms with Crippen LogP contribution in [0.3, 0.4) is 0 Å². The summed E-state index contributed by atoms with van der Waals surface area (Å²) in [6.45, 7) is 8.16. The van der Waals surface area contributed by atoms with Crippen molar-refractivity contribution in [3.05, 3.63) is 34.5 Å². The summed E-state index contributed by atoms with van der Waals surface area (Å²) < 4.78 is 0. The number of likely N-dealkylation sites (N-methyl/N-ethyl adjacent to an activating group) is 2. The van der Waals surface area contributed by atoms with Crippen molar-refractivity contribution >= 4 is 22.5 Å². The van der Waals surface area contributed by atoms with E-state index in [2.05, 4.69) is 28.7 Å². The minimum atomic E-state index is -0.425. The van der Waals surface area contributed by atoms with Gasteiger partial charge in [-0.3, -0.25) is 15.1 Å². The molecule has 7 nitrogen and oxygen atoms in total. The number of aromatic nitrogens is 2. The van der Waals surface area contributed by atoms with Gasteiger partial charge in [0, 0.05) is 32.3 Å². The van der Waals surface area contributed by atoms with Gasteiger partial charge in [-0.25, -0.2) is 4.98 Å². The summed E-state index contributed by atoms with van der Waals surface area (Å²) in [4.78, 5) is 23.6. The third kappa shape index (κ3) is 3.67.